The zero-order valence-corrected chi connectivity index (χ0v) is 18.7. The maximum atomic E-state index is 10.8. The van der Waals surface area contributed by atoms with Gasteiger partial charge in [0.05, 0.1) is 0 Å². The van der Waals surface area contributed by atoms with Crippen molar-refractivity contribution in [3.05, 3.63) is 107 Å². The van der Waals surface area contributed by atoms with Gasteiger partial charge < -0.3 is 9.84 Å². The van der Waals surface area contributed by atoms with Gasteiger partial charge in [0.1, 0.15) is 11.9 Å². The van der Waals surface area contributed by atoms with Crippen molar-refractivity contribution < 1.29 is 19.5 Å². The molecule has 1 atom stereocenters. The summed E-state index contributed by atoms with van der Waals surface area (Å²) in [5.41, 5.74) is 8.97. The smallest absolute Gasteiger partial charge is 0.341 e. The van der Waals surface area contributed by atoms with E-state index in [1.54, 1.807) is 0 Å². The molecule has 2 N–H and O–H groups in total. The molecule has 0 heterocycles. The number of carboxylic acids is 1. The number of benzene rings is 3. The summed E-state index contributed by atoms with van der Waals surface area (Å²) in [6.07, 6.45) is 4.60. The van der Waals surface area contributed by atoms with Crippen LogP contribution in [0.3, 0.4) is 0 Å². The lowest BCUT2D eigenvalue weighted by molar-refractivity contribution is -0.139. The maximum absolute atomic E-state index is 10.8. The number of ether oxygens (including phenoxy) is 1. The summed E-state index contributed by atoms with van der Waals surface area (Å²) < 4.78 is 5.47. The second-order valence-electron chi connectivity index (χ2n) is 8.35. The Balaban J connectivity index is 1.41. The first-order chi connectivity index (χ1) is 16.1. The Morgan fingerprint density at radius 3 is 2.24 bits per heavy atom. The van der Waals surface area contributed by atoms with E-state index >= 15 is 0 Å². The van der Waals surface area contributed by atoms with Crippen LogP contribution in [0.5, 0.6) is 5.75 Å². The van der Waals surface area contributed by atoms with Gasteiger partial charge in [-0.1, -0.05) is 84.4 Å². The fraction of sp³-hybridized carbons (Fsp3) is 0.250. The molecule has 0 spiro atoms. The van der Waals surface area contributed by atoms with Crippen LogP contribution in [0.15, 0.2) is 84.4 Å². The average Bonchev–Trinajstić information content (AvgIpc) is 2.84. The van der Waals surface area contributed by atoms with E-state index in [0.717, 1.165) is 41.5 Å². The van der Waals surface area contributed by atoms with E-state index < -0.39 is 5.97 Å². The van der Waals surface area contributed by atoms with E-state index in [1.165, 1.54) is 5.57 Å². The van der Waals surface area contributed by atoms with Crippen LogP contribution in [-0.4, -0.2) is 23.7 Å². The molecule has 1 unspecified atom stereocenters. The third-order valence-corrected chi connectivity index (χ3v) is 5.74. The minimum atomic E-state index is -0.969. The highest BCUT2D eigenvalue weighted by Crippen LogP contribution is 2.33. The van der Waals surface area contributed by atoms with Crippen molar-refractivity contribution in [2.75, 3.05) is 6.61 Å². The number of carboxylic acid groups (broad SMARTS) is 1. The molecule has 0 aromatic heterocycles. The Bertz CT molecular complexity index is 1060. The predicted octanol–water partition coefficient (Wildman–Crippen LogP) is 5.57. The summed E-state index contributed by atoms with van der Waals surface area (Å²) in [4.78, 5) is 17.1. The molecule has 0 saturated carbocycles. The van der Waals surface area contributed by atoms with Crippen LogP contribution in [0.25, 0.3) is 6.08 Å². The second kappa shape index (κ2) is 10.9. The van der Waals surface area contributed by atoms with E-state index in [2.05, 4.69) is 48.8 Å². The van der Waals surface area contributed by atoms with Gasteiger partial charge in [0.15, 0.2) is 6.61 Å². The highest BCUT2D eigenvalue weighted by Gasteiger charge is 2.19. The Morgan fingerprint density at radius 2 is 1.61 bits per heavy atom. The Morgan fingerprint density at radius 1 is 0.939 bits per heavy atom. The summed E-state index contributed by atoms with van der Waals surface area (Å²) in [7, 11) is 0. The van der Waals surface area contributed by atoms with Crippen molar-refractivity contribution in [2.24, 2.45) is 0 Å². The predicted molar refractivity (Wildman–Crippen MR) is 129 cm³/mol. The number of carbonyl (C=O) groups is 1. The molecule has 0 amide bonds. The molecule has 33 heavy (non-hydrogen) atoms. The van der Waals surface area contributed by atoms with Crippen molar-refractivity contribution in [2.45, 2.75) is 38.3 Å². The van der Waals surface area contributed by atoms with E-state index in [9.17, 15) is 4.79 Å². The molecule has 5 nitrogen and oxygen atoms in total. The molecule has 1 aliphatic rings. The van der Waals surface area contributed by atoms with Crippen molar-refractivity contribution in [3.63, 3.8) is 0 Å². The van der Waals surface area contributed by atoms with Crippen LogP contribution < -0.4 is 10.2 Å². The highest BCUT2D eigenvalue weighted by atomic mass is 16.7. The SMILES string of the molecule is CC(CC1=Cc2cccc(OCC(=O)O)c2CC1)NOC(c1ccccc1)c1ccccc1. The Labute approximate surface area is 194 Å². The van der Waals surface area contributed by atoms with Gasteiger partial charge in [0.25, 0.3) is 0 Å². The molecule has 1 aliphatic carbocycles. The van der Waals surface area contributed by atoms with Gasteiger partial charge in [-0.05, 0) is 48.9 Å². The van der Waals surface area contributed by atoms with E-state index in [4.69, 9.17) is 14.7 Å². The van der Waals surface area contributed by atoms with Gasteiger partial charge in [-0.2, -0.15) is 5.48 Å². The van der Waals surface area contributed by atoms with Crippen molar-refractivity contribution in [1.82, 2.24) is 5.48 Å². The molecular weight excluding hydrogens is 414 g/mol. The second-order valence-corrected chi connectivity index (χ2v) is 8.35. The largest absolute Gasteiger partial charge is 0.482 e. The normalized spacial score (nSPS) is 13.8. The highest BCUT2D eigenvalue weighted by molar-refractivity contribution is 5.69. The lowest BCUT2D eigenvalue weighted by atomic mass is 9.89. The summed E-state index contributed by atoms with van der Waals surface area (Å²) in [6.45, 7) is 1.80. The molecular formula is C28H29NO4. The minimum Gasteiger partial charge on any atom is -0.482 e. The molecule has 0 aliphatic heterocycles. The topological polar surface area (TPSA) is 67.8 Å². The molecule has 170 valence electrons. The molecule has 4 rings (SSSR count). The zero-order chi connectivity index (χ0) is 23.0. The first-order valence-electron chi connectivity index (χ1n) is 11.3. The van der Waals surface area contributed by atoms with Gasteiger partial charge in [0, 0.05) is 11.6 Å². The molecule has 0 fully saturated rings. The molecule has 0 bridgehead atoms. The number of nitrogens with one attached hydrogen (secondary N) is 1. The van der Waals surface area contributed by atoms with Gasteiger partial charge in [-0.25, -0.2) is 4.79 Å². The van der Waals surface area contributed by atoms with Crippen molar-refractivity contribution in [3.8, 4) is 5.75 Å². The van der Waals surface area contributed by atoms with E-state index in [-0.39, 0.29) is 18.8 Å². The van der Waals surface area contributed by atoms with Gasteiger partial charge in [-0.3, -0.25) is 4.84 Å². The van der Waals surface area contributed by atoms with Crippen LogP contribution >= 0.6 is 0 Å². The quantitative estimate of drug-likeness (QED) is 0.401. The molecule has 0 radical (unpaired) electrons. The molecule has 3 aromatic rings. The molecule has 3 aromatic carbocycles. The number of hydrogen-bond donors (Lipinski definition) is 2. The van der Waals surface area contributed by atoms with Crippen LogP contribution in [-0.2, 0) is 16.1 Å². The number of hydrogen-bond acceptors (Lipinski definition) is 4. The summed E-state index contributed by atoms with van der Waals surface area (Å²) in [5.74, 6) is -0.308. The van der Waals surface area contributed by atoms with E-state index in [1.807, 2.05) is 48.5 Å². The summed E-state index contributed by atoms with van der Waals surface area (Å²) in [5, 5.41) is 8.90. The lowest BCUT2D eigenvalue weighted by Gasteiger charge is -2.24. The Kier molecular flexibility index (Phi) is 7.55. The average molecular weight is 444 g/mol. The van der Waals surface area contributed by atoms with Crippen molar-refractivity contribution >= 4 is 12.0 Å². The van der Waals surface area contributed by atoms with Gasteiger partial charge >= 0.3 is 5.97 Å². The Hall–Kier alpha value is -3.41. The first kappa shape index (κ1) is 22.8. The third kappa shape index (κ3) is 6.09. The van der Waals surface area contributed by atoms with Gasteiger partial charge in [-0.15, -0.1) is 0 Å². The van der Waals surface area contributed by atoms with E-state index in [0.29, 0.717) is 5.75 Å². The third-order valence-electron chi connectivity index (χ3n) is 5.74. The zero-order valence-electron chi connectivity index (χ0n) is 18.7. The van der Waals surface area contributed by atoms with Crippen molar-refractivity contribution in [1.29, 1.82) is 0 Å². The van der Waals surface area contributed by atoms with Crippen LogP contribution in [0.4, 0.5) is 0 Å². The number of rotatable bonds is 10. The molecule has 0 saturated heterocycles. The summed E-state index contributed by atoms with van der Waals surface area (Å²) >= 11 is 0. The summed E-state index contributed by atoms with van der Waals surface area (Å²) in [6, 6.07) is 26.3. The number of hydroxylamine groups is 1. The standard InChI is InChI=1S/C28H29NO4/c1-20(29-33-28(22-9-4-2-5-10-22)23-11-6-3-7-12-23)17-21-15-16-25-24(18-21)13-8-14-26(25)32-19-27(30)31/h2-14,18,20,28-29H,15-17,19H2,1H3,(H,30,31). The van der Waals surface area contributed by atoms with Gasteiger partial charge in [0.2, 0.25) is 0 Å². The lowest BCUT2D eigenvalue weighted by Crippen LogP contribution is -2.29. The first-order valence-corrected chi connectivity index (χ1v) is 11.3. The van der Waals surface area contributed by atoms with Crippen LogP contribution in [0.1, 0.15) is 48.1 Å². The fourth-order valence-electron chi connectivity index (χ4n) is 4.20. The maximum Gasteiger partial charge on any atom is 0.341 e. The minimum absolute atomic E-state index is 0.124. The van der Waals surface area contributed by atoms with Crippen LogP contribution in [0.2, 0.25) is 0 Å². The molecule has 5 heteroatoms. The number of aliphatic carboxylic acids is 1. The van der Waals surface area contributed by atoms with Crippen LogP contribution in [0, 0.1) is 0 Å². The number of fused-ring (bicyclic) bond motifs is 1. The monoisotopic (exact) mass is 443 g/mol. The fourth-order valence-corrected chi connectivity index (χ4v) is 4.20.